The molecule has 1 amide bonds. The highest BCUT2D eigenvalue weighted by Gasteiger charge is 2.07. The molecule has 0 aliphatic carbocycles. The third kappa shape index (κ3) is 3.26. The zero-order valence-corrected chi connectivity index (χ0v) is 11.0. The van der Waals surface area contributed by atoms with Gasteiger partial charge in [-0.05, 0) is 35.9 Å². The van der Waals surface area contributed by atoms with Gasteiger partial charge in [-0.3, -0.25) is 4.79 Å². The summed E-state index contributed by atoms with van der Waals surface area (Å²) in [5.41, 5.74) is 7.53. The first-order chi connectivity index (χ1) is 9.60. The molecule has 0 saturated heterocycles. The summed E-state index contributed by atoms with van der Waals surface area (Å²) in [5.74, 6) is -0.00745. The molecule has 5 heteroatoms. The van der Waals surface area contributed by atoms with E-state index in [0.29, 0.717) is 17.0 Å². The number of nitrogens with two attached hydrogens (primary N) is 1. The van der Waals surface area contributed by atoms with Crippen LogP contribution in [-0.2, 0) is 6.61 Å². The van der Waals surface area contributed by atoms with Crippen LogP contribution in [0.4, 0.5) is 10.1 Å². The van der Waals surface area contributed by atoms with E-state index in [1.807, 2.05) is 0 Å². The molecule has 4 nitrogen and oxygen atoms in total. The molecular formula is C15H15FN2O2. The van der Waals surface area contributed by atoms with Crippen LogP contribution in [0, 0.1) is 5.82 Å². The summed E-state index contributed by atoms with van der Waals surface area (Å²) in [7, 11) is 1.55. The lowest BCUT2D eigenvalue weighted by Gasteiger charge is -2.10. The number of nitrogens with one attached hydrogen (secondary N) is 1. The molecule has 0 fully saturated rings. The Bertz CT molecular complexity index is 612. The highest BCUT2D eigenvalue weighted by molar-refractivity contribution is 5.95. The molecule has 3 N–H and O–H groups in total. The fourth-order valence-electron chi connectivity index (χ4n) is 1.71. The Morgan fingerprint density at radius 1 is 1.25 bits per heavy atom. The number of ether oxygens (including phenoxy) is 1. The second-order valence-electron chi connectivity index (χ2n) is 4.25. The van der Waals surface area contributed by atoms with Gasteiger partial charge in [-0.25, -0.2) is 4.39 Å². The summed E-state index contributed by atoms with van der Waals surface area (Å²) in [6, 6.07) is 10.9. The summed E-state index contributed by atoms with van der Waals surface area (Å²) < 4.78 is 18.3. The van der Waals surface area contributed by atoms with E-state index in [4.69, 9.17) is 10.5 Å². The Morgan fingerprint density at radius 3 is 2.55 bits per heavy atom. The van der Waals surface area contributed by atoms with Crippen molar-refractivity contribution in [1.82, 2.24) is 5.32 Å². The Hall–Kier alpha value is -2.56. The van der Waals surface area contributed by atoms with Crippen LogP contribution in [0.25, 0.3) is 0 Å². The number of hydrogen-bond acceptors (Lipinski definition) is 3. The van der Waals surface area contributed by atoms with Crippen LogP contribution in [0.5, 0.6) is 5.75 Å². The van der Waals surface area contributed by atoms with Gasteiger partial charge in [0.05, 0.1) is 5.69 Å². The fourth-order valence-corrected chi connectivity index (χ4v) is 1.71. The molecular weight excluding hydrogens is 259 g/mol. The lowest BCUT2D eigenvalue weighted by atomic mass is 10.1. The van der Waals surface area contributed by atoms with E-state index < -0.39 is 0 Å². The van der Waals surface area contributed by atoms with Crippen LogP contribution < -0.4 is 15.8 Å². The van der Waals surface area contributed by atoms with Crippen molar-refractivity contribution in [3.8, 4) is 5.75 Å². The Kier molecular flexibility index (Phi) is 4.20. The molecule has 2 aromatic carbocycles. The predicted molar refractivity (Wildman–Crippen MR) is 75.0 cm³/mol. The summed E-state index contributed by atoms with van der Waals surface area (Å²) >= 11 is 0. The van der Waals surface area contributed by atoms with Gasteiger partial charge < -0.3 is 15.8 Å². The lowest BCUT2D eigenvalue weighted by Crippen LogP contribution is -2.17. The Morgan fingerprint density at radius 2 is 1.95 bits per heavy atom. The smallest absolute Gasteiger partial charge is 0.251 e. The van der Waals surface area contributed by atoms with E-state index in [1.54, 1.807) is 37.4 Å². The minimum Gasteiger partial charge on any atom is -0.487 e. The van der Waals surface area contributed by atoms with Crippen molar-refractivity contribution in [2.45, 2.75) is 6.61 Å². The van der Waals surface area contributed by atoms with Crippen molar-refractivity contribution >= 4 is 11.6 Å². The second-order valence-corrected chi connectivity index (χ2v) is 4.25. The van der Waals surface area contributed by atoms with Gasteiger partial charge in [0.25, 0.3) is 5.91 Å². The van der Waals surface area contributed by atoms with Gasteiger partial charge in [-0.2, -0.15) is 0 Å². The molecule has 0 spiro atoms. The highest BCUT2D eigenvalue weighted by atomic mass is 19.1. The maximum Gasteiger partial charge on any atom is 0.251 e. The highest BCUT2D eigenvalue weighted by Crippen LogP contribution is 2.23. The summed E-state index contributed by atoms with van der Waals surface area (Å²) in [6.07, 6.45) is 0. The third-order valence-electron chi connectivity index (χ3n) is 2.81. The topological polar surface area (TPSA) is 64.3 Å². The molecule has 0 radical (unpaired) electrons. The monoisotopic (exact) mass is 274 g/mol. The number of amides is 1. The van der Waals surface area contributed by atoms with Crippen molar-refractivity contribution in [2.24, 2.45) is 0 Å². The number of nitrogen functional groups attached to an aromatic ring is 1. The van der Waals surface area contributed by atoms with E-state index in [1.165, 1.54) is 12.1 Å². The molecule has 0 aliphatic heterocycles. The minimum absolute atomic E-state index is 0.207. The Labute approximate surface area is 116 Å². The van der Waals surface area contributed by atoms with Crippen molar-refractivity contribution in [3.63, 3.8) is 0 Å². The van der Waals surface area contributed by atoms with Crippen molar-refractivity contribution < 1.29 is 13.9 Å². The van der Waals surface area contributed by atoms with Crippen LogP contribution >= 0.6 is 0 Å². The Balaban J connectivity index is 2.06. The van der Waals surface area contributed by atoms with Gasteiger partial charge in [-0.15, -0.1) is 0 Å². The number of carbonyl (C=O) groups excluding carboxylic acids is 1. The normalized spacial score (nSPS) is 10.1. The predicted octanol–water partition coefficient (Wildman–Crippen LogP) is 2.35. The van der Waals surface area contributed by atoms with Crippen molar-refractivity contribution in [1.29, 1.82) is 0 Å². The SMILES string of the molecule is CNC(=O)c1ccc(OCc2ccc(F)cc2)c(N)c1. The number of halogens is 1. The number of benzene rings is 2. The molecule has 0 unspecified atom stereocenters. The zero-order chi connectivity index (χ0) is 14.5. The number of rotatable bonds is 4. The zero-order valence-electron chi connectivity index (χ0n) is 11.0. The van der Waals surface area contributed by atoms with Gasteiger partial charge >= 0.3 is 0 Å². The van der Waals surface area contributed by atoms with Gasteiger partial charge in [-0.1, -0.05) is 12.1 Å². The van der Waals surface area contributed by atoms with E-state index in [0.717, 1.165) is 5.56 Å². The van der Waals surface area contributed by atoms with Gasteiger partial charge in [0.1, 0.15) is 18.2 Å². The van der Waals surface area contributed by atoms with E-state index in [-0.39, 0.29) is 18.3 Å². The first-order valence-corrected chi connectivity index (χ1v) is 6.09. The molecule has 0 aliphatic rings. The fraction of sp³-hybridized carbons (Fsp3) is 0.133. The first-order valence-electron chi connectivity index (χ1n) is 6.09. The van der Waals surface area contributed by atoms with E-state index in [9.17, 15) is 9.18 Å². The molecule has 2 rings (SSSR count). The minimum atomic E-state index is -0.289. The molecule has 0 saturated carbocycles. The summed E-state index contributed by atoms with van der Waals surface area (Å²) in [5, 5.41) is 2.52. The van der Waals surface area contributed by atoms with Gasteiger partial charge in [0, 0.05) is 12.6 Å². The quantitative estimate of drug-likeness (QED) is 0.841. The van der Waals surface area contributed by atoms with Crippen molar-refractivity contribution in [2.75, 3.05) is 12.8 Å². The average molecular weight is 274 g/mol. The molecule has 0 heterocycles. The molecule has 104 valence electrons. The number of hydrogen-bond donors (Lipinski definition) is 2. The van der Waals surface area contributed by atoms with Crippen LogP contribution in [0.3, 0.4) is 0 Å². The largest absolute Gasteiger partial charge is 0.487 e. The van der Waals surface area contributed by atoms with Crippen LogP contribution in [0.15, 0.2) is 42.5 Å². The second kappa shape index (κ2) is 6.06. The van der Waals surface area contributed by atoms with Crippen molar-refractivity contribution in [3.05, 3.63) is 59.4 Å². The first kappa shape index (κ1) is 13.9. The third-order valence-corrected chi connectivity index (χ3v) is 2.81. The maximum atomic E-state index is 12.8. The molecule has 2 aromatic rings. The summed E-state index contributed by atoms with van der Waals surface area (Å²) in [4.78, 5) is 11.4. The molecule has 0 atom stereocenters. The number of anilines is 1. The molecule has 0 bridgehead atoms. The van der Waals surface area contributed by atoms with Gasteiger partial charge in [0.2, 0.25) is 0 Å². The van der Waals surface area contributed by atoms with Crippen LogP contribution in [-0.4, -0.2) is 13.0 Å². The maximum absolute atomic E-state index is 12.8. The number of carbonyl (C=O) groups is 1. The lowest BCUT2D eigenvalue weighted by molar-refractivity contribution is 0.0963. The van der Waals surface area contributed by atoms with Crippen LogP contribution in [0.1, 0.15) is 15.9 Å². The van der Waals surface area contributed by atoms with Crippen LogP contribution in [0.2, 0.25) is 0 Å². The summed E-state index contributed by atoms with van der Waals surface area (Å²) in [6.45, 7) is 0.282. The molecule has 20 heavy (non-hydrogen) atoms. The van der Waals surface area contributed by atoms with Gasteiger partial charge in [0.15, 0.2) is 0 Å². The van der Waals surface area contributed by atoms with E-state index >= 15 is 0 Å². The average Bonchev–Trinajstić information content (AvgIpc) is 2.46. The van der Waals surface area contributed by atoms with E-state index in [2.05, 4.69) is 5.32 Å². The molecule has 0 aromatic heterocycles. The standard InChI is InChI=1S/C15H15FN2O2/c1-18-15(19)11-4-7-14(13(17)8-11)20-9-10-2-5-12(16)6-3-10/h2-8H,9,17H2,1H3,(H,18,19).